The van der Waals surface area contributed by atoms with Gasteiger partial charge in [-0.25, -0.2) is 0 Å². The first-order valence-electron chi connectivity index (χ1n) is 8.84. The lowest BCUT2D eigenvalue weighted by Gasteiger charge is -2.27. The van der Waals surface area contributed by atoms with Crippen molar-refractivity contribution < 1.29 is 23.9 Å². The van der Waals surface area contributed by atoms with Gasteiger partial charge in [0.2, 0.25) is 11.8 Å². The van der Waals surface area contributed by atoms with Crippen molar-refractivity contribution in [1.29, 1.82) is 0 Å². The van der Waals surface area contributed by atoms with E-state index in [1.807, 2.05) is 0 Å². The van der Waals surface area contributed by atoms with Crippen molar-refractivity contribution in [1.82, 2.24) is 5.32 Å². The number of rotatable bonds is 6. The maximum atomic E-state index is 12.3. The Morgan fingerprint density at radius 1 is 1.19 bits per heavy atom. The highest BCUT2D eigenvalue weighted by Crippen LogP contribution is 2.26. The van der Waals surface area contributed by atoms with Crippen LogP contribution in [0.4, 0.5) is 11.4 Å². The van der Waals surface area contributed by atoms with Crippen LogP contribution in [0.15, 0.2) is 24.3 Å². The molecule has 1 heterocycles. The lowest BCUT2D eigenvalue weighted by molar-refractivity contribution is -0.136. The number of nitrogens with one attached hydrogen (secondary N) is 2. The van der Waals surface area contributed by atoms with Crippen molar-refractivity contribution in [2.24, 2.45) is 11.7 Å². The Morgan fingerprint density at radius 2 is 1.89 bits per heavy atom. The summed E-state index contributed by atoms with van der Waals surface area (Å²) < 4.78 is 5.09. The fraction of sp³-hybridized carbons (Fsp3) is 0.444. The molecule has 0 radical (unpaired) electrons. The minimum absolute atomic E-state index is 0.0411. The van der Waals surface area contributed by atoms with E-state index in [0.717, 1.165) is 19.3 Å². The molecular formula is C18H22N4O5. The fourth-order valence-corrected chi connectivity index (χ4v) is 2.93. The van der Waals surface area contributed by atoms with Gasteiger partial charge in [-0.2, -0.15) is 0 Å². The number of morpholine rings is 1. The number of hydrogen-bond acceptors (Lipinski definition) is 5. The van der Waals surface area contributed by atoms with E-state index in [2.05, 4.69) is 10.6 Å². The van der Waals surface area contributed by atoms with Gasteiger partial charge in [0, 0.05) is 23.8 Å². The minimum Gasteiger partial charge on any atom is -0.370 e. The summed E-state index contributed by atoms with van der Waals surface area (Å²) in [4.78, 5) is 49.4. The fourth-order valence-electron chi connectivity index (χ4n) is 2.93. The van der Waals surface area contributed by atoms with Crippen LogP contribution in [0.1, 0.15) is 19.3 Å². The molecule has 4 amide bonds. The summed E-state index contributed by atoms with van der Waals surface area (Å²) >= 11 is 0. The molecule has 9 nitrogen and oxygen atoms in total. The Balaban J connectivity index is 1.62. The van der Waals surface area contributed by atoms with E-state index in [0.29, 0.717) is 24.5 Å². The summed E-state index contributed by atoms with van der Waals surface area (Å²) in [5.41, 5.74) is 6.38. The molecule has 1 aliphatic carbocycles. The number of hydrogen-bond donors (Lipinski definition) is 3. The second-order valence-corrected chi connectivity index (χ2v) is 6.61. The van der Waals surface area contributed by atoms with Gasteiger partial charge in [0.05, 0.1) is 6.61 Å². The van der Waals surface area contributed by atoms with Gasteiger partial charge in [-0.05, 0) is 37.1 Å². The Morgan fingerprint density at radius 3 is 2.44 bits per heavy atom. The molecule has 1 saturated heterocycles. The summed E-state index contributed by atoms with van der Waals surface area (Å²) in [5.74, 6) is -2.25. The molecule has 1 aliphatic heterocycles. The number of carbonyl (C=O) groups is 4. The van der Waals surface area contributed by atoms with E-state index in [4.69, 9.17) is 10.5 Å². The predicted octanol–water partition coefficient (Wildman–Crippen LogP) is -0.242. The van der Waals surface area contributed by atoms with Crippen molar-refractivity contribution in [3.8, 4) is 0 Å². The molecule has 0 bridgehead atoms. The highest BCUT2D eigenvalue weighted by molar-refractivity contribution is 6.11. The number of nitrogens with zero attached hydrogens (tertiary/aromatic N) is 1. The average Bonchev–Trinajstić information content (AvgIpc) is 2.59. The third-order valence-corrected chi connectivity index (χ3v) is 4.74. The smallest absolute Gasteiger partial charge is 0.256 e. The van der Waals surface area contributed by atoms with E-state index >= 15 is 0 Å². The molecule has 0 unspecified atom stereocenters. The van der Waals surface area contributed by atoms with Crippen molar-refractivity contribution in [2.75, 3.05) is 30.0 Å². The first-order valence-corrected chi connectivity index (χ1v) is 8.84. The van der Waals surface area contributed by atoms with E-state index < -0.39 is 17.9 Å². The first kappa shape index (κ1) is 18.8. The summed E-state index contributed by atoms with van der Waals surface area (Å²) in [6, 6.07) is 5.17. The zero-order chi connectivity index (χ0) is 19.4. The zero-order valence-corrected chi connectivity index (χ0v) is 14.8. The number of carbonyl (C=O) groups excluding carboxylic acids is 4. The second kappa shape index (κ2) is 8.17. The normalized spacial score (nSPS) is 18.4. The van der Waals surface area contributed by atoms with Crippen molar-refractivity contribution in [3.63, 3.8) is 0 Å². The molecule has 4 N–H and O–H groups in total. The van der Waals surface area contributed by atoms with Gasteiger partial charge < -0.3 is 26.0 Å². The Bertz CT molecular complexity index is 745. The van der Waals surface area contributed by atoms with E-state index in [9.17, 15) is 19.2 Å². The minimum atomic E-state index is -1.43. The van der Waals surface area contributed by atoms with E-state index in [1.54, 1.807) is 29.2 Å². The van der Waals surface area contributed by atoms with E-state index in [1.165, 1.54) is 0 Å². The molecule has 1 saturated carbocycles. The molecular weight excluding hydrogens is 352 g/mol. The number of benzene rings is 1. The largest absolute Gasteiger partial charge is 0.370 e. The maximum absolute atomic E-state index is 12.3. The summed E-state index contributed by atoms with van der Waals surface area (Å²) in [6.07, 6.45) is 2.46. The van der Waals surface area contributed by atoms with Gasteiger partial charge in [-0.15, -0.1) is 0 Å². The van der Waals surface area contributed by atoms with Crippen LogP contribution in [0.25, 0.3) is 0 Å². The van der Waals surface area contributed by atoms with E-state index in [-0.39, 0.29) is 24.3 Å². The molecule has 9 heteroatoms. The van der Waals surface area contributed by atoms with Crippen LogP contribution in [-0.2, 0) is 23.9 Å². The molecule has 0 spiro atoms. The molecule has 0 aromatic heterocycles. The summed E-state index contributed by atoms with van der Waals surface area (Å²) in [6.45, 7) is 0.964. The molecule has 144 valence electrons. The average molecular weight is 374 g/mol. The lowest BCUT2D eigenvalue weighted by Crippen LogP contribution is -2.53. The third kappa shape index (κ3) is 4.43. The topological polar surface area (TPSA) is 131 Å². The Labute approximate surface area is 156 Å². The van der Waals surface area contributed by atoms with Crippen LogP contribution in [0.2, 0.25) is 0 Å². The highest BCUT2D eigenvalue weighted by Gasteiger charge is 2.32. The van der Waals surface area contributed by atoms with Crippen LogP contribution in [0.3, 0.4) is 0 Å². The zero-order valence-electron chi connectivity index (χ0n) is 14.8. The van der Waals surface area contributed by atoms with Gasteiger partial charge >= 0.3 is 0 Å². The molecule has 1 atom stereocenters. The lowest BCUT2D eigenvalue weighted by atomic mass is 9.84. The Hall–Kier alpha value is -2.94. The molecule has 3 rings (SSSR count). The number of ether oxygens (including phenoxy) is 1. The van der Waals surface area contributed by atoms with Crippen LogP contribution >= 0.6 is 0 Å². The highest BCUT2D eigenvalue weighted by atomic mass is 16.5. The van der Waals surface area contributed by atoms with Gasteiger partial charge in [-0.3, -0.25) is 19.2 Å². The van der Waals surface area contributed by atoms with Crippen molar-refractivity contribution >= 4 is 35.0 Å². The maximum Gasteiger partial charge on any atom is 0.256 e. The van der Waals surface area contributed by atoms with Crippen LogP contribution in [0, 0.1) is 5.92 Å². The van der Waals surface area contributed by atoms with Gasteiger partial charge in [-0.1, -0.05) is 6.42 Å². The number of anilines is 2. The van der Waals surface area contributed by atoms with Crippen LogP contribution < -0.4 is 21.3 Å². The monoisotopic (exact) mass is 374 g/mol. The first-order chi connectivity index (χ1) is 13.0. The molecule has 2 aliphatic rings. The standard InChI is InChI=1S/C18H22N4O5/c19-16(24)15(21-17(25)11-2-1-3-11)18(26)20-12-4-6-13(7-5-12)22-8-9-27-10-14(22)23/h4-7,11,15H,1-3,8-10H2,(H2,19,24)(H,20,26)(H,21,25)/t15-/m0/s1. The van der Waals surface area contributed by atoms with Gasteiger partial charge in [0.1, 0.15) is 6.61 Å². The van der Waals surface area contributed by atoms with Crippen molar-refractivity contribution in [2.45, 2.75) is 25.3 Å². The Kier molecular flexibility index (Phi) is 5.70. The number of nitrogens with two attached hydrogens (primary N) is 1. The van der Waals surface area contributed by atoms with Crippen LogP contribution in [0.5, 0.6) is 0 Å². The molecule has 1 aromatic rings. The number of amides is 4. The molecule has 1 aromatic carbocycles. The van der Waals surface area contributed by atoms with Crippen molar-refractivity contribution in [3.05, 3.63) is 24.3 Å². The third-order valence-electron chi connectivity index (χ3n) is 4.74. The predicted molar refractivity (Wildman–Crippen MR) is 96.7 cm³/mol. The van der Waals surface area contributed by atoms with Gasteiger partial charge in [0.15, 0.2) is 6.04 Å². The van der Waals surface area contributed by atoms with Gasteiger partial charge in [0.25, 0.3) is 11.8 Å². The SMILES string of the molecule is NC(=O)[C@H](NC(=O)C1CCC1)C(=O)Nc1ccc(N2CCOCC2=O)cc1. The second-order valence-electron chi connectivity index (χ2n) is 6.61. The molecule has 27 heavy (non-hydrogen) atoms. The quantitative estimate of drug-likeness (QED) is 0.592. The van der Waals surface area contributed by atoms with Crippen LogP contribution in [-0.4, -0.2) is 49.4 Å². The summed E-state index contributed by atoms with van der Waals surface area (Å²) in [5, 5.41) is 4.98. The molecule has 2 fully saturated rings. The number of primary amides is 1. The summed E-state index contributed by atoms with van der Waals surface area (Å²) in [7, 11) is 0.